The molecule has 0 spiro atoms. The summed E-state index contributed by atoms with van der Waals surface area (Å²) in [5, 5.41) is 4.12. The first-order chi connectivity index (χ1) is 10.2. The average molecular weight is 304 g/mol. The standard InChI is InChI=1S/C17H22ClN3/c1-3-19-10-14-8-9-16(20-11-14)13-21(2)12-15-6-4-5-7-17(15)18/h4-9,11,19H,3,10,12-13H2,1-2H3. The van der Waals surface area contributed by atoms with Crippen LogP contribution in [0.4, 0.5) is 0 Å². The summed E-state index contributed by atoms with van der Waals surface area (Å²) < 4.78 is 0. The van der Waals surface area contributed by atoms with Crippen LogP contribution in [0.5, 0.6) is 0 Å². The Labute approximate surface area is 132 Å². The maximum absolute atomic E-state index is 6.19. The summed E-state index contributed by atoms with van der Waals surface area (Å²) in [5.41, 5.74) is 3.43. The molecule has 0 fully saturated rings. The Morgan fingerprint density at radius 2 is 1.95 bits per heavy atom. The quantitative estimate of drug-likeness (QED) is 0.849. The van der Waals surface area contributed by atoms with Gasteiger partial charge in [0, 0.05) is 30.9 Å². The third-order valence-corrected chi connectivity index (χ3v) is 3.66. The second-order valence-electron chi connectivity index (χ2n) is 5.20. The van der Waals surface area contributed by atoms with E-state index in [9.17, 15) is 0 Å². The van der Waals surface area contributed by atoms with Gasteiger partial charge in [-0.3, -0.25) is 9.88 Å². The number of rotatable bonds is 7. The smallest absolute Gasteiger partial charge is 0.0544 e. The molecule has 2 aromatic rings. The number of nitrogens with one attached hydrogen (secondary N) is 1. The first kappa shape index (κ1) is 16.0. The number of aromatic nitrogens is 1. The summed E-state index contributed by atoms with van der Waals surface area (Å²) in [7, 11) is 2.08. The van der Waals surface area contributed by atoms with Crippen molar-refractivity contribution in [2.24, 2.45) is 0 Å². The van der Waals surface area contributed by atoms with E-state index in [1.54, 1.807) is 0 Å². The van der Waals surface area contributed by atoms with Crippen molar-refractivity contribution in [3.63, 3.8) is 0 Å². The van der Waals surface area contributed by atoms with Gasteiger partial charge in [0.2, 0.25) is 0 Å². The van der Waals surface area contributed by atoms with E-state index >= 15 is 0 Å². The third-order valence-electron chi connectivity index (χ3n) is 3.30. The lowest BCUT2D eigenvalue weighted by atomic mass is 10.2. The van der Waals surface area contributed by atoms with Crippen LogP contribution in [0.25, 0.3) is 0 Å². The molecule has 0 amide bonds. The van der Waals surface area contributed by atoms with Gasteiger partial charge in [-0.05, 0) is 36.9 Å². The summed E-state index contributed by atoms with van der Waals surface area (Å²) in [6.07, 6.45) is 1.95. The van der Waals surface area contributed by atoms with Gasteiger partial charge in [0.05, 0.1) is 5.69 Å². The van der Waals surface area contributed by atoms with Crippen molar-refractivity contribution >= 4 is 11.6 Å². The molecule has 0 atom stereocenters. The molecule has 0 aliphatic carbocycles. The van der Waals surface area contributed by atoms with Gasteiger partial charge < -0.3 is 5.32 Å². The molecule has 1 N–H and O–H groups in total. The van der Waals surface area contributed by atoms with E-state index in [-0.39, 0.29) is 0 Å². The monoisotopic (exact) mass is 303 g/mol. The fourth-order valence-corrected chi connectivity index (χ4v) is 2.37. The van der Waals surface area contributed by atoms with E-state index in [1.807, 2.05) is 24.4 Å². The molecule has 112 valence electrons. The van der Waals surface area contributed by atoms with Gasteiger partial charge >= 0.3 is 0 Å². The fourth-order valence-electron chi connectivity index (χ4n) is 2.17. The Kier molecular flexibility index (Phi) is 6.18. The number of hydrogen-bond acceptors (Lipinski definition) is 3. The summed E-state index contributed by atoms with van der Waals surface area (Å²) in [6, 6.07) is 12.2. The van der Waals surface area contributed by atoms with Crippen molar-refractivity contribution in [2.45, 2.75) is 26.6 Å². The molecule has 0 aliphatic heterocycles. The molecule has 0 bridgehead atoms. The van der Waals surface area contributed by atoms with Gasteiger partial charge in [-0.2, -0.15) is 0 Å². The first-order valence-electron chi connectivity index (χ1n) is 7.25. The Balaban J connectivity index is 1.90. The fraction of sp³-hybridized carbons (Fsp3) is 0.353. The first-order valence-corrected chi connectivity index (χ1v) is 7.63. The Morgan fingerprint density at radius 1 is 1.14 bits per heavy atom. The number of pyridine rings is 1. The van der Waals surface area contributed by atoms with Crippen LogP contribution >= 0.6 is 11.6 Å². The SMILES string of the molecule is CCNCc1ccc(CN(C)Cc2ccccc2Cl)nc1. The van der Waals surface area contributed by atoms with Gasteiger partial charge in [-0.15, -0.1) is 0 Å². The zero-order chi connectivity index (χ0) is 15.1. The van der Waals surface area contributed by atoms with E-state index in [0.29, 0.717) is 0 Å². The molecule has 0 saturated carbocycles. The number of nitrogens with zero attached hydrogens (tertiary/aromatic N) is 2. The number of hydrogen-bond donors (Lipinski definition) is 1. The molecule has 21 heavy (non-hydrogen) atoms. The maximum Gasteiger partial charge on any atom is 0.0544 e. The molecule has 4 heteroatoms. The molecule has 1 heterocycles. The second kappa shape index (κ2) is 8.13. The van der Waals surface area contributed by atoms with Crippen LogP contribution in [0.3, 0.4) is 0 Å². The second-order valence-corrected chi connectivity index (χ2v) is 5.61. The van der Waals surface area contributed by atoms with Crippen LogP contribution in [0.1, 0.15) is 23.7 Å². The van der Waals surface area contributed by atoms with Gasteiger partial charge in [0.1, 0.15) is 0 Å². The van der Waals surface area contributed by atoms with Crippen molar-refractivity contribution in [2.75, 3.05) is 13.6 Å². The average Bonchev–Trinajstić information content (AvgIpc) is 2.49. The molecule has 1 aromatic heterocycles. The minimum absolute atomic E-state index is 0.812. The normalized spacial score (nSPS) is 11.0. The van der Waals surface area contributed by atoms with Gasteiger partial charge in [-0.1, -0.05) is 42.8 Å². The zero-order valence-electron chi connectivity index (χ0n) is 12.6. The molecule has 1 aromatic carbocycles. The largest absolute Gasteiger partial charge is 0.313 e. The lowest BCUT2D eigenvalue weighted by Crippen LogP contribution is -2.18. The van der Waals surface area contributed by atoms with Crippen LogP contribution in [0.15, 0.2) is 42.6 Å². The lowest BCUT2D eigenvalue weighted by molar-refractivity contribution is 0.315. The minimum Gasteiger partial charge on any atom is -0.313 e. The van der Waals surface area contributed by atoms with Gasteiger partial charge in [0.25, 0.3) is 0 Å². The predicted octanol–water partition coefficient (Wildman–Crippen LogP) is 3.48. The molecular formula is C17H22ClN3. The summed E-state index contributed by atoms with van der Waals surface area (Å²) >= 11 is 6.19. The molecular weight excluding hydrogens is 282 g/mol. The zero-order valence-corrected chi connectivity index (χ0v) is 13.4. The molecule has 0 radical (unpaired) electrons. The molecule has 0 aliphatic rings. The van der Waals surface area contributed by atoms with Crippen LogP contribution in [-0.2, 0) is 19.6 Å². The van der Waals surface area contributed by atoms with E-state index < -0.39 is 0 Å². The van der Waals surface area contributed by atoms with Gasteiger partial charge in [0.15, 0.2) is 0 Å². The van der Waals surface area contributed by atoms with Crippen molar-refractivity contribution in [1.82, 2.24) is 15.2 Å². The van der Waals surface area contributed by atoms with Crippen LogP contribution < -0.4 is 5.32 Å². The van der Waals surface area contributed by atoms with Crippen LogP contribution in [0, 0.1) is 0 Å². The molecule has 2 rings (SSSR count). The highest BCUT2D eigenvalue weighted by Gasteiger charge is 2.05. The maximum atomic E-state index is 6.19. The highest BCUT2D eigenvalue weighted by Crippen LogP contribution is 2.17. The van der Waals surface area contributed by atoms with Crippen molar-refractivity contribution in [3.8, 4) is 0 Å². The Hall–Kier alpha value is -1.42. The minimum atomic E-state index is 0.812. The lowest BCUT2D eigenvalue weighted by Gasteiger charge is -2.17. The molecule has 0 unspecified atom stereocenters. The summed E-state index contributed by atoms with van der Waals surface area (Å²) in [6.45, 7) is 5.58. The Bertz CT molecular complexity index is 554. The van der Waals surface area contributed by atoms with E-state index in [1.165, 1.54) is 5.56 Å². The highest BCUT2D eigenvalue weighted by atomic mass is 35.5. The topological polar surface area (TPSA) is 28.2 Å². The summed E-state index contributed by atoms with van der Waals surface area (Å²) in [5.74, 6) is 0. The molecule has 3 nitrogen and oxygen atoms in total. The van der Waals surface area contributed by atoms with E-state index in [0.717, 1.165) is 42.5 Å². The van der Waals surface area contributed by atoms with Crippen LogP contribution in [-0.4, -0.2) is 23.5 Å². The number of halogens is 1. The third kappa shape index (κ3) is 5.12. The summed E-state index contributed by atoms with van der Waals surface area (Å²) in [4.78, 5) is 6.74. The van der Waals surface area contributed by atoms with Crippen LogP contribution in [0.2, 0.25) is 5.02 Å². The Morgan fingerprint density at radius 3 is 2.62 bits per heavy atom. The highest BCUT2D eigenvalue weighted by molar-refractivity contribution is 6.31. The van der Waals surface area contributed by atoms with Crippen molar-refractivity contribution < 1.29 is 0 Å². The molecule has 0 saturated heterocycles. The van der Waals surface area contributed by atoms with E-state index in [4.69, 9.17) is 11.6 Å². The van der Waals surface area contributed by atoms with E-state index in [2.05, 4.69) is 47.4 Å². The van der Waals surface area contributed by atoms with Gasteiger partial charge in [-0.25, -0.2) is 0 Å². The number of benzene rings is 1. The predicted molar refractivity (Wildman–Crippen MR) is 88.2 cm³/mol. The van der Waals surface area contributed by atoms with Crippen molar-refractivity contribution in [1.29, 1.82) is 0 Å². The van der Waals surface area contributed by atoms with Crippen molar-refractivity contribution in [3.05, 3.63) is 64.4 Å².